The van der Waals surface area contributed by atoms with E-state index < -0.39 is 0 Å². The third-order valence-electron chi connectivity index (χ3n) is 7.31. The van der Waals surface area contributed by atoms with Gasteiger partial charge in [-0.05, 0) is 93.6 Å². The third kappa shape index (κ3) is 6.05. The molecule has 1 fully saturated rings. The van der Waals surface area contributed by atoms with Gasteiger partial charge in [-0.25, -0.2) is 0 Å². The Labute approximate surface area is 195 Å². The smallest absolute Gasteiger partial charge is 0.119 e. The monoisotopic (exact) mass is 435 g/mol. The molecule has 1 saturated heterocycles. The van der Waals surface area contributed by atoms with Crippen LogP contribution in [0.3, 0.4) is 0 Å². The van der Waals surface area contributed by atoms with Crippen LogP contribution in [0.2, 0.25) is 0 Å². The molecule has 4 rings (SSSR count). The summed E-state index contributed by atoms with van der Waals surface area (Å²) in [5, 5.41) is 0. The molecule has 0 bridgehead atoms. The summed E-state index contributed by atoms with van der Waals surface area (Å²) in [5.74, 6) is 0.999. The Hall–Kier alpha value is -2.04. The van der Waals surface area contributed by atoms with Gasteiger partial charge >= 0.3 is 0 Å². The van der Waals surface area contributed by atoms with Gasteiger partial charge in [0.1, 0.15) is 5.75 Å². The zero-order valence-electron chi connectivity index (χ0n) is 20.1. The fourth-order valence-electron chi connectivity index (χ4n) is 5.44. The van der Waals surface area contributed by atoms with Crippen molar-refractivity contribution in [2.75, 3.05) is 57.8 Å². The van der Waals surface area contributed by atoms with E-state index in [-0.39, 0.29) is 0 Å². The molecule has 0 aromatic heterocycles. The molecule has 1 aliphatic heterocycles. The van der Waals surface area contributed by atoms with Crippen molar-refractivity contribution in [3.63, 3.8) is 0 Å². The number of para-hydroxylation sites is 1. The van der Waals surface area contributed by atoms with Crippen molar-refractivity contribution in [1.29, 1.82) is 0 Å². The van der Waals surface area contributed by atoms with Gasteiger partial charge in [0.15, 0.2) is 0 Å². The predicted octanol–water partition coefficient (Wildman–Crippen LogP) is 4.87. The van der Waals surface area contributed by atoms with Gasteiger partial charge in [0.25, 0.3) is 0 Å². The number of anilines is 1. The Morgan fingerprint density at radius 1 is 0.938 bits per heavy atom. The molecule has 4 nitrogen and oxygen atoms in total. The van der Waals surface area contributed by atoms with Crippen LogP contribution in [0.1, 0.15) is 43.7 Å². The first-order valence-electron chi connectivity index (χ1n) is 12.7. The highest BCUT2D eigenvalue weighted by Crippen LogP contribution is 2.28. The van der Waals surface area contributed by atoms with Crippen LogP contribution < -0.4 is 9.64 Å². The lowest BCUT2D eigenvalue weighted by Crippen LogP contribution is -2.46. The van der Waals surface area contributed by atoms with Crippen molar-refractivity contribution >= 4 is 5.69 Å². The van der Waals surface area contributed by atoms with Crippen LogP contribution in [0.5, 0.6) is 5.75 Å². The number of hydrogen-bond acceptors (Lipinski definition) is 4. The minimum atomic E-state index is 0.684. The van der Waals surface area contributed by atoms with Crippen LogP contribution >= 0.6 is 0 Å². The molecule has 1 aliphatic carbocycles. The van der Waals surface area contributed by atoms with Crippen molar-refractivity contribution in [3.05, 3.63) is 59.7 Å². The van der Waals surface area contributed by atoms with E-state index in [4.69, 9.17) is 4.74 Å². The molecule has 174 valence electrons. The molecule has 0 radical (unpaired) electrons. The summed E-state index contributed by atoms with van der Waals surface area (Å²) in [5.41, 5.74) is 4.39. The maximum absolute atomic E-state index is 5.47. The summed E-state index contributed by atoms with van der Waals surface area (Å²) in [6, 6.07) is 18.2. The molecular weight excluding hydrogens is 394 g/mol. The van der Waals surface area contributed by atoms with Gasteiger partial charge in [-0.2, -0.15) is 0 Å². The average molecular weight is 436 g/mol. The van der Waals surface area contributed by atoms with Crippen LogP contribution in [0.4, 0.5) is 5.69 Å². The molecule has 1 atom stereocenters. The van der Waals surface area contributed by atoms with Gasteiger partial charge in [0.2, 0.25) is 0 Å². The Balaban J connectivity index is 1.20. The van der Waals surface area contributed by atoms with Gasteiger partial charge in [0.05, 0.1) is 7.11 Å². The molecule has 2 aromatic carbocycles. The number of methoxy groups -OCH3 is 1. The number of rotatable bonds is 10. The fraction of sp³-hybridized carbons (Fsp3) is 0.571. The molecule has 1 unspecified atom stereocenters. The highest BCUT2D eigenvalue weighted by molar-refractivity contribution is 5.46. The highest BCUT2D eigenvalue weighted by atomic mass is 16.5. The lowest BCUT2D eigenvalue weighted by Gasteiger charge is -2.37. The zero-order valence-corrected chi connectivity index (χ0v) is 20.1. The summed E-state index contributed by atoms with van der Waals surface area (Å²) < 4.78 is 5.47. The van der Waals surface area contributed by atoms with Gasteiger partial charge in [0, 0.05) is 37.9 Å². The Morgan fingerprint density at radius 2 is 1.75 bits per heavy atom. The second-order valence-electron chi connectivity index (χ2n) is 9.44. The van der Waals surface area contributed by atoms with Crippen molar-refractivity contribution in [1.82, 2.24) is 9.80 Å². The van der Waals surface area contributed by atoms with E-state index in [2.05, 4.69) is 70.2 Å². The van der Waals surface area contributed by atoms with Gasteiger partial charge < -0.3 is 14.5 Å². The zero-order chi connectivity index (χ0) is 22.2. The number of hydrogen-bond donors (Lipinski definition) is 0. The topological polar surface area (TPSA) is 19.0 Å². The molecule has 0 saturated carbocycles. The molecular formula is C28H41N3O. The van der Waals surface area contributed by atoms with E-state index in [1.165, 1.54) is 88.1 Å². The molecule has 1 heterocycles. The molecule has 32 heavy (non-hydrogen) atoms. The van der Waals surface area contributed by atoms with E-state index >= 15 is 0 Å². The number of benzene rings is 2. The summed E-state index contributed by atoms with van der Waals surface area (Å²) in [6.07, 6.45) is 7.52. The standard InChI is InChI=1S/C28H41N3O/c1-3-15-30(27-13-11-24-12-14-28(32-2)23-25(24)22-27)17-8-7-16-29-18-20-31(21-19-29)26-9-5-4-6-10-26/h4-6,9-10,12,14,23,27H,3,7-8,11,13,15-22H2,1-2H3. The summed E-state index contributed by atoms with van der Waals surface area (Å²) in [7, 11) is 1.77. The predicted molar refractivity (Wildman–Crippen MR) is 135 cm³/mol. The largest absolute Gasteiger partial charge is 0.497 e. The Kier molecular flexibility index (Phi) is 8.47. The van der Waals surface area contributed by atoms with E-state index in [1.807, 2.05) is 0 Å². The van der Waals surface area contributed by atoms with Crippen LogP contribution in [-0.2, 0) is 12.8 Å². The van der Waals surface area contributed by atoms with Gasteiger partial charge in [-0.15, -0.1) is 0 Å². The second-order valence-corrected chi connectivity index (χ2v) is 9.44. The average Bonchev–Trinajstić information content (AvgIpc) is 2.86. The van der Waals surface area contributed by atoms with Gasteiger partial charge in [-0.1, -0.05) is 31.2 Å². The van der Waals surface area contributed by atoms with Crippen molar-refractivity contribution in [2.45, 2.75) is 51.5 Å². The Bertz CT molecular complexity index is 817. The first-order chi connectivity index (χ1) is 15.8. The van der Waals surface area contributed by atoms with E-state index in [0.29, 0.717) is 6.04 Å². The van der Waals surface area contributed by atoms with Crippen LogP contribution in [0.25, 0.3) is 0 Å². The van der Waals surface area contributed by atoms with E-state index in [0.717, 1.165) is 18.8 Å². The molecule has 2 aliphatic rings. The lowest BCUT2D eigenvalue weighted by molar-refractivity contribution is 0.171. The van der Waals surface area contributed by atoms with E-state index in [1.54, 1.807) is 7.11 Å². The lowest BCUT2D eigenvalue weighted by atomic mass is 9.87. The second kappa shape index (κ2) is 11.7. The minimum absolute atomic E-state index is 0.684. The molecule has 0 spiro atoms. The number of piperazine rings is 1. The molecule has 2 aromatic rings. The number of ether oxygens (including phenoxy) is 1. The van der Waals surface area contributed by atoms with Crippen LogP contribution in [0.15, 0.2) is 48.5 Å². The van der Waals surface area contributed by atoms with Crippen LogP contribution in [-0.4, -0.2) is 68.8 Å². The van der Waals surface area contributed by atoms with Crippen molar-refractivity contribution in [3.8, 4) is 5.75 Å². The summed E-state index contributed by atoms with van der Waals surface area (Å²) >= 11 is 0. The summed E-state index contributed by atoms with van der Waals surface area (Å²) in [6.45, 7) is 10.7. The first-order valence-corrected chi connectivity index (χ1v) is 12.7. The molecule has 0 amide bonds. The fourth-order valence-corrected chi connectivity index (χ4v) is 5.44. The number of aryl methyl sites for hydroxylation is 1. The van der Waals surface area contributed by atoms with Gasteiger partial charge in [-0.3, -0.25) is 4.90 Å². The maximum atomic E-state index is 5.47. The van der Waals surface area contributed by atoms with Crippen molar-refractivity contribution in [2.24, 2.45) is 0 Å². The van der Waals surface area contributed by atoms with Crippen molar-refractivity contribution < 1.29 is 4.74 Å². The minimum Gasteiger partial charge on any atom is -0.497 e. The van der Waals surface area contributed by atoms with E-state index in [9.17, 15) is 0 Å². The SMILES string of the molecule is CCCN(CCCCN1CCN(c2ccccc2)CC1)C1CCc2ccc(OC)cc2C1. The first kappa shape index (κ1) is 23.1. The Morgan fingerprint density at radius 3 is 2.50 bits per heavy atom. The molecule has 0 N–H and O–H groups in total. The number of fused-ring (bicyclic) bond motifs is 1. The normalized spacial score (nSPS) is 19.2. The highest BCUT2D eigenvalue weighted by Gasteiger charge is 2.24. The molecule has 4 heteroatoms. The number of unbranched alkanes of at least 4 members (excludes halogenated alkanes) is 1. The maximum Gasteiger partial charge on any atom is 0.119 e. The third-order valence-corrected chi connectivity index (χ3v) is 7.31. The van der Waals surface area contributed by atoms with Crippen LogP contribution in [0, 0.1) is 0 Å². The summed E-state index contributed by atoms with van der Waals surface area (Å²) in [4.78, 5) is 7.96. The quantitative estimate of drug-likeness (QED) is 0.496. The number of nitrogens with zero attached hydrogens (tertiary/aromatic N) is 3.